The summed E-state index contributed by atoms with van der Waals surface area (Å²) in [6.07, 6.45) is 1.04. The number of carbonyl (C=O) groups excluding carboxylic acids is 2. The van der Waals surface area contributed by atoms with Gasteiger partial charge in [0.15, 0.2) is 0 Å². The summed E-state index contributed by atoms with van der Waals surface area (Å²) in [4.78, 5) is 29.5. The third-order valence-electron chi connectivity index (χ3n) is 5.09. The molecule has 2 heterocycles. The SMILES string of the molecule is CN1CCN(Cc2cccc(CNC(=O)CCCNC(=O)c3cccs3)c2)CC1. The molecule has 7 heteroatoms. The highest BCUT2D eigenvalue weighted by molar-refractivity contribution is 7.12. The molecule has 0 spiro atoms. The van der Waals surface area contributed by atoms with E-state index in [1.807, 2.05) is 11.4 Å². The molecule has 1 saturated heterocycles. The molecule has 0 bridgehead atoms. The van der Waals surface area contributed by atoms with Crippen molar-refractivity contribution in [1.82, 2.24) is 20.4 Å². The van der Waals surface area contributed by atoms with Crippen molar-refractivity contribution in [2.75, 3.05) is 39.8 Å². The Balaban J connectivity index is 1.34. The normalized spacial score (nSPS) is 15.2. The second kappa shape index (κ2) is 11.1. The minimum absolute atomic E-state index is 0.0137. The maximum atomic E-state index is 12.1. The number of thiophene rings is 1. The summed E-state index contributed by atoms with van der Waals surface area (Å²) in [6.45, 7) is 6.43. The minimum Gasteiger partial charge on any atom is -0.352 e. The number of nitrogens with one attached hydrogen (secondary N) is 2. The highest BCUT2D eigenvalue weighted by atomic mass is 32.1. The Kier molecular flexibility index (Phi) is 8.22. The topological polar surface area (TPSA) is 64.7 Å². The summed E-state index contributed by atoms with van der Waals surface area (Å²) < 4.78 is 0. The number of amides is 2. The van der Waals surface area contributed by atoms with Crippen LogP contribution in [-0.4, -0.2) is 61.4 Å². The number of hydrogen-bond acceptors (Lipinski definition) is 5. The van der Waals surface area contributed by atoms with E-state index in [4.69, 9.17) is 0 Å². The molecule has 1 aliphatic heterocycles. The lowest BCUT2D eigenvalue weighted by Gasteiger charge is -2.32. The van der Waals surface area contributed by atoms with Crippen molar-refractivity contribution in [3.63, 3.8) is 0 Å². The summed E-state index contributed by atoms with van der Waals surface area (Å²) in [7, 11) is 2.17. The summed E-state index contributed by atoms with van der Waals surface area (Å²) in [5.74, 6) is -0.0579. The van der Waals surface area contributed by atoms with Gasteiger partial charge < -0.3 is 15.5 Å². The van der Waals surface area contributed by atoms with Crippen molar-refractivity contribution in [3.05, 3.63) is 57.8 Å². The van der Waals surface area contributed by atoms with Gasteiger partial charge in [-0.2, -0.15) is 0 Å². The number of benzene rings is 1. The monoisotopic (exact) mass is 414 g/mol. The highest BCUT2D eigenvalue weighted by Gasteiger charge is 2.14. The van der Waals surface area contributed by atoms with Gasteiger partial charge in [0.1, 0.15) is 0 Å². The fourth-order valence-corrected chi connectivity index (χ4v) is 3.98. The van der Waals surface area contributed by atoms with Crippen molar-refractivity contribution >= 4 is 23.2 Å². The van der Waals surface area contributed by atoms with Crippen LogP contribution in [0.4, 0.5) is 0 Å². The maximum absolute atomic E-state index is 12.1. The molecule has 3 rings (SSSR count). The smallest absolute Gasteiger partial charge is 0.261 e. The van der Waals surface area contributed by atoms with E-state index in [0.717, 1.165) is 38.3 Å². The lowest BCUT2D eigenvalue weighted by Crippen LogP contribution is -2.43. The summed E-state index contributed by atoms with van der Waals surface area (Å²) in [5.41, 5.74) is 2.41. The number of hydrogen-bond donors (Lipinski definition) is 2. The van der Waals surface area contributed by atoms with Gasteiger partial charge in [-0.05, 0) is 36.0 Å². The molecule has 2 aromatic rings. The molecule has 0 radical (unpaired) electrons. The number of likely N-dealkylation sites (N-methyl/N-ethyl adjacent to an activating group) is 1. The van der Waals surface area contributed by atoms with Gasteiger partial charge in [0.05, 0.1) is 4.88 Å². The Morgan fingerprint density at radius 3 is 2.59 bits per heavy atom. The van der Waals surface area contributed by atoms with Gasteiger partial charge in [-0.3, -0.25) is 14.5 Å². The van der Waals surface area contributed by atoms with Crippen LogP contribution in [0.2, 0.25) is 0 Å². The lowest BCUT2D eigenvalue weighted by molar-refractivity contribution is -0.121. The van der Waals surface area contributed by atoms with Crippen LogP contribution in [0.25, 0.3) is 0 Å². The molecule has 0 unspecified atom stereocenters. The van der Waals surface area contributed by atoms with E-state index < -0.39 is 0 Å². The van der Waals surface area contributed by atoms with E-state index >= 15 is 0 Å². The average molecular weight is 415 g/mol. The molecule has 29 heavy (non-hydrogen) atoms. The Labute approximate surface area is 176 Å². The summed E-state index contributed by atoms with van der Waals surface area (Å²) in [6, 6.07) is 12.1. The van der Waals surface area contributed by atoms with Crippen LogP contribution in [-0.2, 0) is 17.9 Å². The van der Waals surface area contributed by atoms with Crippen molar-refractivity contribution in [1.29, 1.82) is 0 Å². The van der Waals surface area contributed by atoms with E-state index in [1.54, 1.807) is 6.07 Å². The maximum Gasteiger partial charge on any atom is 0.261 e. The van der Waals surface area contributed by atoms with Crippen LogP contribution in [0.5, 0.6) is 0 Å². The first-order chi connectivity index (χ1) is 14.1. The zero-order valence-electron chi connectivity index (χ0n) is 17.0. The van der Waals surface area contributed by atoms with Crippen LogP contribution >= 0.6 is 11.3 Å². The predicted molar refractivity (Wildman–Crippen MR) is 117 cm³/mol. The third-order valence-corrected chi connectivity index (χ3v) is 5.96. The molecule has 156 valence electrons. The van der Waals surface area contributed by atoms with Gasteiger partial charge in [-0.15, -0.1) is 11.3 Å². The Morgan fingerprint density at radius 1 is 1.03 bits per heavy atom. The van der Waals surface area contributed by atoms with Crippen molar-refractivity contribution in [2.45, 2.75) is 25.9 Å². The second-order valence-corrected chi connectivity index (χ2v) is 8.46. The van der Waals surface area contributed by atoms with E-state index in [2.05, 4.69) is 51.7 Å². The fourth-order valence-electron chi connectivity index (χ4n) is 3.34. The van der Waals surface area contributed by atoms with E-state index in [1.165, 1.54) is 16.9 Å². The predicted octanol–water partition coefficient (Wildman–Crippen LogP) is 2.32. The Morgan fingerprint density at radius 2 is 1.83 bits per heavy atom. The first-order valence-corrected chi connectivity index (χ1v) is 11.1. The first-order valence-electron chi connectivity index (χ1n) is 10.2. The number of nitrogens with zero attached hydrogens (tertiary/aromatic N) is 2. The molecular formula is C22H30N4O2S. The second-order valence-electron chi connectivity index (χ2n) is 7.51. The van der Waals surface area contributed by atoms with Crippen LogP contribution < -0.4 is 10.6 Å². The standard InChI is InChI=1S/C22H30N4O2S/c1-25-10-12-26(13-11-25)17-19-6-2-5-18(15-19)16-24-21(27)8-3-9-23-22(28)20-7-4-14-29-20/h2,4-7,14-15H,3,8-13,16-17H2,1H3,(H,23,28)(H,24,27). The van der Waals surface area contributed by atoms with Gasteiger partial charge >= 0.3 is 0 Å². The largest absolute Gasteiger partial charge is 0.352 e. The fraction of sp³-hybridized carbons (Fsp3) is 0.455. The molecule has 2 amide bonds. The van der Waals surface area contributed by atoms with Crippen LogP contribution in [0.3, 0.4) is 0 Å². The minimum atomic E-state index is -0.0717. The van der Waals surface area contributed by atoms with E-state index in [-0.39, 0.29) is 11.8 Å². The number of rotatable bonds is 9. The quantitative estimate of drug-likeness (QED) is 0.618. The molecule has 0 saturated carbocycles. The zero-order valence-corrected chi connectivity index (χ0v) is 17.8. The van der Waals surface area contributed by atoms with Gasteiger partial charge in [0.25, 0.3) is 5.91 Å². The molecule has 1 aromatic carbocycles. The summed E-state index contributed by atoms with van der Waals surface area (Å²) >= 11 is 1.42. The average Bonchev–Trinajstić information content (AvgIpc) is 3.27. The zero-order chi connectivity index (χ0) is 20.5. The van der Waals surface area contributed by atoms with Crippen molar-refractivity contribution < 1.29 is 9.59 Å². The van der Waals surface area contributed by atoms with Crippen molar-refractivity contribution in [2.24, 2.45) is 0 Å². The van der Waals surface area contributed by atoms with Gasteiger partial charge in [-0.1, -0.05) is 30.3 Å². The van der Waals surface area contributed by atoms with E-state index in [9.17, 15) is 9.59 Å². The molecule has 6 nitrogen and oxygen atoms in total. The molecule has 1 fully saturated rings. The Bertz CT molecular complexity index is 786. The van der Waals surface area contributed by atoms with Gasteiger partial charge in [0.2, 0.25) is 5.91 Å². The van der Waals surface area contributed by atoms with Gasteiger partial charge in [0, 0.05) is 52.2 Å². The molecular weight excluding hydrogens is 384 g/mol. The van der Waals surface area contributed by atoms with Gasteiger partial charge in [-0.25, -0.2) is 0 Å². The van der Waals surface area contributed by atoms with Crippen LogP contribution in [0.15, 0.2) is 41.8 Å². The molecule has 0 aliphatic carbocycles. The Hall–Kier alpha value is -2.22. The van der Waals surface area contributed by atoms with Crippen molar-refractivity contribution in [3.8, 4) is 0 Å². The third kappa shape index (κ3) is 7.27. The number of carbonyl (C=O) groups is 2. The van der Waals surface area contributed by atoms with Crippen LogP contribution in [0, 0.1) is 0 Å². The highest BCUT2D eigenvalue weighted by Crippen LogP contribution is 2.11. The summed E-state index contributed by atoms with van der Waals surface area (Å²) in [5, 5.41) is 7.71. The first kappa shape index (κ1) is 21.5. The molecule has 0 atom stereocenters. The lowest BCUT2D eigenvalue weighted by atomic mass is 10.1. The number of piperazine rings is 1. The van der Waals surface area contributed by atoms with Crippen LogP contribution in [0.1, 0.15) is 33.6 Å². The molecule has 2 N–H and O–H groups in total. The van der Waals surface area contributed by atoms with E-state index in [0.29, 0.717) is 30.8 Å². The molecule has 1 aromatic heterocycles. The molecule has 1 aliphatic rings.